The van der Waals surface area contributed by atoms with Crippen LogP contribution in [0.3, 0.4) is 0 Å². The summed E-state index contributed by atoms with van der Waals surface area (Å²) in [7, 11) is -2.89. The molecule has 4 fully saturated rings. The van der Waals surface area contributed by atoms with Gasteiger partial charge in [0.25, 0.3) is 21.6 Å². The SMILES string of the molecule is COc1ccc(CN2CCN(C3CC4(CCN(c5ccc(C(=O)NS(=O)(=O)c6ccc(NCC7CCC(C)(O)CC7)c([N+](=O)[O-])c6)c(Oc6cc7cc[nH]c7nc6C)c5)CC4)C3)C(c3ccccc3C(C)C)C2)cc1. The van der Waals surface area contributed by atoms with Crippen molar-refractivity contribution < 1.29 is 32.7 Å². The number of aryl methyl sites for hydroxylation is 1. The number of methoxy groups -OCH3 is 1. The van der Waals surface area contributed by atoms with Gasteiger partial charge in [0.1, 0.15) is 28.6 Å². The van der Waals surface area contributed by atoms with Gasteiger partial charge in [-0.3, -0.25) is 24.7 Å². The van der Waals surface area contributed by atoms with Crippen molar-refractivity contribution in [3.05, 3.63) is 141 Å². The Kier molecular flexibility index (Phi) is 14.7. The van der Waals surface area contributed by atoms with Crippen LogP contribution in [-0.2, 0) is 16.6 Å². The quantitative estimate of drug-likeness (QED) is 0.0529. The minimum atomic E-state index is -4.60. The van der Waals surface area contributed by atoms with Crippen molar-refractivity contribution in [1.29, 1.82) is 0 Å². The molecular weight excluding hydrogens is 969 g/mol. The first-order valence-corrected chi connectivity index (χ1v) is 28.0. The fraction of sp³-hybridized carbons (Fsp3) is 0.448. The molecule has 10 rings (SSSR count). The number of benzene rings is 4. The number of amides is 1. The molecule has 16 nitrogen and oxygen atoms in total. The highest BCUT2D eigenvalue weighted by Gasteiger charge is 2.50. The molecule has 0 bridgehead atoms. The normalized spacial score (nSPS) is 21.5. The monoisotopic (exact) mass is 1040 g/mol. The second-order valence-electron chi connectivity index (χ2n) is 22.1. The number of nitrogens with zero attached hydrogens (tertiary/aromatic N) is 5. The van der Waals surface area contributed by atoms with Crippen LogP contribution in [0.15, 0.2) is 108 Å². The summed E-state index contributed by atoms with van der Waals surface area (Å²) in [6, 6.07) is 30.7. The molecule has 1 atom stereocenters. The molecule has 1 unspecified atom stereocenters. The zero-order valence-electron chi connectivity index (χ0n) is 43.7. The fourth-order valence-electron chi connectivity index (χ4n) is 12.1. The van der Waals surface area contributed by atoms with Gasteiger partial charge < -0.3 is 29.8 Å². The minimum absolute atomic E-state index is 0.0249. The molecule has 1 spiro atoms. The number of hydrogen-bond donors (Lipinski definition) is 4. The van der Waals surface area contributed by atoms with Crippen molar-refractivity contribution in [2.75, 3.05) is 56.6 Å². The Labute approximate surface area is 440 Å². The molecule has 4 aliphatic rings. The van der Waals surface area contributed by atoms with Gasteiger partial charge in [0.15, 0.2) is 0 Å². The number of anilines is 2. The van der Waals surface area contributed by atoms with Crippen molar-refractivity contribution >= 4 is 44.0 Å². The Morgan fingerprint density at radius 3 is 2.40 bits per heavy atom. The third-order valence-electron chi connectivity index (χ3n) is 16.6. The number of ether oxygens (including phenoxy) is 2. The highest BCUT2D eigenvalue weighted by Crippen LogP contribution is 2.53. The number of fused-ring (bicyclic) bond motifs is 1. The van der Waals surface area contributed by atoms with Gasteiger partial charge in [-0.05, 0) is 148 Å². The van der Waals surface area contributed by atoms with Gasteiger partial charge in [0, 0.05) is 87.3 Å². The molecule has 4 heterocycles. The molecule has 396 valence electrons. The smallest absolute Gasteiger partial charge is 0.293 e. The number of nitro benzene ring substituents is 1. The van der Waals surface area contributed by atoms with E-state index in [0.29, 0.717) is 48.4 Å². The van der Waals surface area contributed by atoms with Crippen LogP contribution in [0.2, 0.25) is 0 Å². The summed E-state index contributed by atoms with van der Waals surface area (Å²) in [5.41, 5.74) is 5.46. The number of pyridine rings is 1. The zero-order chi connectivity index (χ0) is 52.6. The predicted octanol–water partition coefficient (Wildman–Crippen LogP) is 10.5. The van der Waals surface area contributed by atoms with Gasteiger partial charge in [-0.1, -0.05) is 50.2 Å². The van der Waals surface area contributed by atoms with E-state index in [2.05, 4.69) is 85.0 Å². The molecule has 75 heavy (non-hydrogen) atoms. The van der Waals surface area contributed by atoms with Gasteiger partial charge in [0.05, 0.1) is 33.8 Å². The van der Waals surface area contributed by atoms with Crippen molar-refractivity contribution in [3.63, 3.8) is 0 Å². The Morgan fingerprint density at radius 2 is 1.68 bits per heavy atom. The van der Waals surface area contributed by atoms with Crippen molar-refractivity contribution in [2.45, 2.75) is 114 Å². The number of nitrogens with one attached hydrogen (secondary N) is 3. The highest BCUT2D eigenvalue weighted by molar-refractivity contribution is 7.90. The number of piperidine rings is 1. The van der Waals surface area contributed by atoms with Gasteiger partial charge in [0.2, 0.25) is 0 Å². The van der Waals surface area contributed by atoms with E-state index in [1.807, 2.05) is 37.3 Å². The summed E-state index contributed by atoms with van der Waals surface area (Å²) < 4.78 is 41.9. The van der Waals surface area contributed by atoms with Crippen LogP contribution in [0.4, 0.5) is 17.1 Å². The summed E-state index contributed by atoms with van der Waals surface area (Å²) in [6.07, 6.45) is 8.89. The van der Waals surface area contributed by atoms with Crippen molar-refractivity contribution in [3.8, 4) is 17.2 Å². The standard InChI is InChI=1S/C58H70N8O8S/c1-38(2)47-8-6-7-9-48(47)52-37-63(36-41-10-13-45(73-5)14-11-41)28-29-65(52)44-33-58(34-44)23-26-64(27-24-58)43-12-16-49(54(31-43)74-53-30-42-20-25-59-55(42)61-39(53)3)56(67)62-75(71,72)46-15-17-50(51(32-46)66(69)70)60-35-40-18-21-57(4,68)22-19-40/h6-17,20,25,30-32,38,40,44,52,60,68H,18-19,21-24,26-29,33-37H2,1-5H3,(H,59,61)(H,62,67). The molecule has 2 aromatic heterocycles. The van der Waals surface area contributed by atoms with E-state index in [4.69, 9.17) is 9.47 Å². The number of H-pyrrole nitrogens is 1. The number of aromatic amines is 1. The third kappa shape index (κ3) is 11.4. The maximum Gasteiger partial charge on any atom is 0.293 e. The number of piperazine rings is 1. The van der Waals surface area contributed by atoms with E-state index in [-0.39, 0.29) is 34.4 Å². The van der Waals surface area contributed by atoms with E-state index in [9.17, 15) is 28.4 Å². The number of aromatic nitrogens is 2. The predicted molar refractivity (Wildman–Crippen MR) is 291 cm³/mol. The molecule has 2 aliphatic carbocycles. The molecule has 4 aromatic carbocycles. The Bertz CT molecular complexity index is 3150. The largest absolute Gasteiger partial charge is 0.497 e. The number of carbonyl (C=O) groups is 1. The van der Waals surface area contributed by atoms with Crippen LogP contribution in [0.5, 0.6) is 17.2 Å². The number of hydrogen-bond acceptors (Lipinski definition) is 13. The average molecular weight is 1040 g/mol. The highest BCUT2D eigenvalue weighted by atomic mass is 32.2. The molecule has 0 radical (unpaired) electrons. The summed E-state index contributed by atoms with van der Waals surface area (Å²) in [5.74, 6) is 1.09. The maximum absolute atomic E-state index is 14.2. The Hall–Kier alpha value is -6.53. The zero-order valence-corrected chi connectivity index (χ0v) is 44.5. The molecular formula is C58H70N8O8S. The number of aliphatic hydroxyl groups is 1. The lowest BCUT2D eigenvalue weighted by Gasteiger charge is -2.58. The van der Waals surface area contributed by atoms with Gasteiger partial charge in [-0.25, -0.2) is 18.1 Å². The molecule has 2 saturated heterocycles. The third-order valence-corrected chi connectivity index (χ3v) is 17.9. The lowest BCUT2D eigenvalue weighted by molar-refractivity contribution is -0.384. The van der Waals surface area contributed by atoms with Gasteiger partial charge >= 0.3 is 0 Å². The Morgan fingerprint density at radius 1 is 0.933 bits per heavy atom. The van der Waals surface area contributed by atoms with E-state index in [0.717, 1.165) is 101 Å². The maximum atomic E-state index is 14.2. The van der Waals surface area contributed by atoms with E-state index >= 15 is 0 Å². The molecule has 6 aromatic rings. The van der Waals surface area contributed by atoms with E-state index in [1.165, 1.54) is 28.8 Å². The lowest BCUT2D eigenvalue weighted by atomic mass is 9.59. The molecule has 1 amide bonds. The summed E-state index contributed by atoms with van der Waals surface area (Å²) in [5, 5.41) is 26.6. The molecule has 2 saturated carbocycles. The van der Waals surface area contributed by atoms with Crippen LogP contribution in [-0.4, -0.2) is 102 Å². The van der Waals surface area contributed by atoms with Gasteiger partial charge in [-0.2, -0.15) is 0 Å². The first-order valence-electron chi connectivity index (χ1n) is 26.5. The number of rotatable bonds is 16. The van der Waals surface area contributed by atoms with Gasteiger partial charge in [-0.15, -0.1) is 0 Å². The van der Waals surface area contributed by atoms with Crippen LogP contribution in [0.25, 0.3) is 11.0 Å². The summed E-state index contributed by atoms with van der Waals surface area (Å²) in [4.78, 5) is 40.9. The summed E-state index contributed by atoms with van der Waals surface area (Å²) in [6.45, 7) is 14.1. The fourth-order valence-corrected chi connectivity index (χ4v) is 13.1. The van der Waals surface area contributed by atoms with Crippen LogP contribution < -0.4 is 24.4 Å². The van der Waals surface area contributed by atoms with Crippen LogP contribution >= 0.6 is 0 Å². The van der Waals surface area contributed by atoms with Crippen LogP contribution in [0.1, 0.15) is 117 Å². The van der Waals surface area contributed by atoms with E-state index in [1.54, 1.807) is 32.4 Å². The van der Waals surface area contributed by atoms with E-state index < -0.39 is 37.0 Å². The van der Waals surface area contributed by atoms with Crippen LogP contribution in [0, 0.1) is 28.4 Å². The topological polar surface area (TPSA) is 196 Å². The number of carbonyl (C=O) groups excluding carboxylic acids is 1. The molecule has 17 heteroatoms. The van der Waals surface area contributed by atoms with Crippen molar-refractivity contribution in [1.82, 2.24) is 24.5 Å². The second kappa shape index (κ2) is 21.2. The second-order valence-corrected chi connectivity index (χ2v) is 23.8. The average Bonchev–Trinajstić information content (AvgIpc) is 3.86. The minimum Gasteiger partial charge on any atom is -0.497 e. The first-order chi connectivity index (χ1) is 35.9. The molecule has 4 N–H and O–H groups in total. The lowest BCUT2D eigenvalue weighted by Crippen LogP contribution is -2.60. The summed E-state index contributed by atoms with van der Waals surface area (Å²) >= 11 is 0. The number of nitro groups is 1. The Balaban J connectivity index is 0.840. The first kappa shape index (κ1) is 51.9. The molecule has 2 aliphatic heterocycles. The number of sulfonamides is 1. The van der Waals surface area contributed by atoms with Crippen molar-refractivity contribution in [2.24, 2.45) is 11.3 Å².